The summed E-state index contributed by atoms with van der Waals surface area (Å²) in [6, 6.07) is 15.7. The lowest BCUT2D eigenvalue weighted by Crippen LogP contribution is -2.45. The number of aromatic carboxylic acids is 1. The minimum Gasteiger partial charge on any atom is -0.478 e. The summed E-state index contributed by atoms with van der Waals surface area (Å²) in [6.45, 7) is 0.705. The lowest BCUT2D eigenvalue weighted by molar-refractivity contribution is -0.122. The summed E-state index contributed by atoms with van der Waals surface area (Å²) in [5.74, 6) is -1.72. The topological polar surface area (TPSA) is 147 Å². The lowest BCUT2D eigenvalue weighted by atomic mass is 10.1. The second kappa shape index (κ2) is 11.3. The van der Waals surface area contributed by atoms with Crippen molar-refractivity contribution < 1.29 is 33.8 Å². The molecule has 2 atom stereocenters. The Bertz CT molecular complexity index is 1410. The third-order valence-electron chi connectivity index (χ3n) is 6.44. The van der Waals surface area contributed by atoms with Crippen LogP contribution in [0.1, 0.15) is 43.2 Å². The molecule has 5 rings (SSSR count). The summed E-state index contributed by atoms with van der Waals surface area (Å²) >= 11 is 0. The number of pyridine rings is 1. The number of hydrogen-bond donors (Lipinski definition) is 3. The van der Waals surface area contributed by atoms with Crippen LogP contribution in [0.3, 0.4) is 0 Å². The number of carbonyl (C=O) groups excluding carboxylic acids is 3. The Hall–Kier alpha value is -4.77. The third-order valence-corrected chi connectivity index (χ3v) is 6.44. The molecular formula is C28H26N4O7. The maximum atomic E-state index is 13.0. The first-order valence-electron chi connectivity index (χ1n) is 12.4. The molecule has 3 amide bonds. The van der Waals surface area contributed by atoms with Gasteiger partial charge in [-0.3, -0.25) is 19.4 Å². The van der Waals surface area contributed by atoms with Crippen molar-refractivity contribution >= 4 is 23.7 Å². The van der Waals surface area contributed by atoms with Crippen molar-refractivity contribution in [3.8, 4) is 11.5 Å². The van der Waals surface area contributed by atoms with E-state index in [1.807, 2.05) is 6.07 Å². The van der Waals surface area contributed by atoms with Crippen LogP contribution in [-0.2, 0) is 16.1 Å². The summed E-state index contributed by atoms with van der Waals surface area (Å²) < 4.78 is 12.1. The molecule has 4 bridgehead atoms. The summed E-state index contributed by atoms with van der Waals surface area (Å²) in [4.78, 5) is 55.9. The molecule has 3 N–H and O–H groups in total. The van der Waals surface area contributed by atoms with E-state index in [2.05, 4.69) is 15.6 Å². The zero-order valence-electron chi connectivity index (χ0n) is 20.8. The van der Waals surface area contributed by atoms with E-state index in [1.54, 1.807) is 47.5 Å². The zero-order valence-corrected chi connectivity index (χ0v) is 20.8. The van der Waals surface area contributed by atoms with Crippen LogP contribution in [0.4, 0.5) is 0 Å². The molecule has 39 heavy (non-hydrogen) atoms. The van der Waals surface area contributed by atoms with Gasteiger partial charge in [0.15, 0.2) is 0 Å². The Labute approximate surface area is 223 Å². The molecule has 3 heterocycles. The van der Waals surface area contributed by atoms with Crippen molar-refractivity contribution in [2.24, 2.45) is 0 Å². The van der Waals surface area contributed by atoms with Gasteiger partial charge in [0.25, 0.3) is 11.8 Å². The molecule has 1 aromatic heterocycles. The first-order chi connectivity index (χ1) is 18.9. The summed E-state index contributed by atoms with van der Waals surface area (Å²) in [6.07, 6.45) is 1.05. The molecule has 2 aliphatic rings. The highest BCUT2D eigenvalue weighted by molar-refractivity contribution is 5.98. The Morgan fingerprint density at radius 2 is 1.87 bits per heavy atom. The van der Waals surface area contributed by atoms with E-state index in [0.717, 1.165) is 5.56 Å². The molecule has 0 aliphatic carbocycles. The number of aromatic nitrogens is 1. The molecule has 2 aromatic carbocycles. The van der Waals surface area contributed by atoms with Gasteiger partial charge < -0.3 is 30.1 Å². The number of carbonyl (C=O) groups is 4. The molecule has 0 spiro atoms. The van der Waals surface area contributed by atoms with Crippen molar-refractivity contribution in [3.05, 3.63) is 89.2 Å². The average molecular weight is 531 g/mol. The van der Waals surface area contributed by atoms with Gasteiger partial charge in [-0.25, -0.2) is 4.79 Å². The fourth-order valence-electron chi connectivity index (χ4n) is 4.52. The second-order valence-electron chi connectivity index (χ2n) is 9.26. The number of nitrogens with zero attached hydrogens (tertiary/aromatic N) is 2. The van der Waals surface area contributed by atoms with Gasteiger partial charge in [-0.1, -0.05) is 18.2 Å². The molecule has 200 valence electrons. The number of hydrogen-bond acceptors (Lipinski definition) is 7. The maximum absolute atomic E-state index is 13.0. The van der Waals surface area contributed by atoms with Gasteiger partial charge in [0, 0.05) is 37.8 Å². The SMILES string of the molecule is O=C1CCNC(=O)c2cc(cc(C(=O)O)c2)Oc2cccc(c2)CO[C@H]2CN(C(=O)c3ccccn3)C[C@@H]2N1. The quantitative estimate of drug-likeness (QED) is 0.457. The molecule has 2 aliphatic heterocycles. The van der Waals surface area contributed by atoms with Gasteiger partial charge in [-0.15, -0.1) is 0 Å². The van der Waals surface area contributed by atoms with Crippen LogP contribution in [-0.4, -0.2) is 70.5 Å². The summed E-state index contributed by atoms with van der Waals surface area (Å²) in [5.41, 5.74) is 1.06. The van der Waals surface area contributed by atoms with E-state index in [-0.39, 0.29) is 61.4 Å². The Morgan fingerprint density at radius 1 is 1.00 bits per heavy atom. The predicted molar refractivity (Wildman–Crippen MR) is 138 cm³/mol. The van der Waals surface area contributed by atoms with Gasteiger partial charge in [0.1, 0.15) is 17.2 Å². The minimum absolute atomic E-state index is 0.0216. The molecule has 11 nitrogen and oxygen atoms in total. The number of likely N-dealkylation sites (tertiary alicyclic amines) is 1. The minimum atomic E-state index is -1.20. The van der Waals surface area contributed by atoms with Gasteiger partial charge >= 0.3 is 5.97 Å². The monoisotopic (exact) mass is 530 g/mol. The van der Waals surface area contributed by atoms with Gasteiger partial charge in [0.2, 0.25) is 5.91 Å². The van der Waals surface area contributed by atoms with Crippen molar-refractivity contribution in [2.45, 2.75) is 25.2 Å². The fourth-order valence-corrected chi connectivity index (χ4v) is 4.52. The van der Waals surface area contributed by atoms with Gasteiger partial charge in [-0.2, -0.15) is 0 Å². The first kappa shape index (κ1) is 25.9. The number of benzene rings is 2. The molecule has 11 heteroatoms. The number of carboxylic acid groups (broad SMARTS) is 1. The molecular weight excluding hydrogens is 504 g/mol. The van der Waals surface area contributed by atoms with E-state index in [9.17, 15) is 24.3 Å². The second-order valence-corrected chi connectivity index (χ2v) is 9.26. The van der Waals surface area contributed by atoms with Crippen LogP contribution >= 0.6 is 0 Å². The molecule has 1 fully saturated rings. The van der Waals surface area contributed by atoms with Gasteiger partial charge in [-0.05, 0) is 48.0 Å². The van der Waals surface area contributed by atoms with Crippen LogP contribution in [0, 0.1) is 0 Å². The number of amides is 3. The smallest absolute Gasteiger partial charge is 0.335 e. The highest BCUT2D eigenvalue weighted by Crippen LogP contribution is 2.26. The molecule has 3 aromatic rings. The highest BCUT2D eigenvalue weighted by atomic mass is 16.5. The first-order valence-corrected chi connectivity index (χ1v) is 12.4. The summed E-state index contributed by atoms with van der Waals surface area (Å²) in [7, 11) is 0. The molecule has 0 radical (unpaired) electrons. The van der Waals surface area contributed by atoms with Crippen LogP contribution in [0.15, 0.2) is 66.9 Å². The van der Waals surface area contributed by atoms with E-state index in [4.69, 9.17) is 9.47 Å². The number of fused-ring (bicyclic) bond motifs is 5. The third kappa shape index (κ3) is 6.21. The zero-order chi connectivity index (χ0) is 27.4. The van der Waals surface area contributed by atoms with E-state index < -0.39 is 24.0 Å². The number of carboxylic acids is 1. The number of rotatable bonds is 2. The molecule has 0 saturated carbocycles. The standard InChI is InChI=1S/C28H26N4O7/c33-25-7-9-30-26(34)18-11-19(28(36)37)13-21(12-18)39-20-5-3-4-17(10-20)16-38-24-15-32(14-23(24)31-25)27(35)22-6-1-2-8-29-22/h1-6,8,10-13,23-24H,7,9,14-16H2,(H,30,34)(H,31,33)(H,36,37)/t23-,24-/m0/s1. The Balaban J connectivity index is 1.40. The van der Waals surface area contributed by atoms with Crippen molar-refractivity contribution in [2.75, 3.05) is 19.6 Å². The number of ether oxygens (including phenoxy) is 2. The number of nitrogens with one attached hydrogen (secondary N) is 2. The largest absolute Gasteiger partial charge is 0.478 e. The van der Waals surface area contributed by atoms with Gasteiger partial charge in [0.05, 0.1) is 24.3 Å². The van der Waals surface area contributed by atoms with Crippen molar-refractivity contribution in [1.29, 1.82) is 0 Å². The fraction of sp³-hybridized carbons (Fsp3) is 0.250. The van der Waals surface area contributed by atoms with Crippen LogP contribution < -0.4 is 15.4 Å². The molecule has 1 saturated heterocycles. The van der Waals surface area contributed by atoms with Crippen LogP contribution in [0.25, 0.3) is 0 Å². The van der Waals surface area contributed by atoms with E-state index in [0.29, 0.717) is 11.4 Å². The maximum Gasteiger partial charge on any atom is 0.335 e. The highest BCUT2D eigenvalue weighted by Gasteiger charge is 2.37. The average Bonchev–Trinajstić information content (AvgIpc) is 3.33. The van der Waals surface area contributed by atoms with Crippen LogP contribution in [0.2, 0.25) is 0 Å². The Morgan fingerprint density at radius 3 is 2.67 bits per heavy atom. The van der Waals surface area contributed by atoms with Crippen molar-refractivity contribution in [3.63, 3.8) is 0 Å². The normalized spacial score (nSPS) is 19.6. The lowest BCUT2D eigenvalue weighted by Gasteiger charge is -2.20. The molecule has 0 unspecified atom stereocenters. The summed E-state index contributed by atoms with van der Waals surface area (Å²) in [5, 5.41) is 15.1. The Kier molecular flexibility index (Phi) is 7.50. The van der Waals surface area contributed by atoms with Crippen LogP contribution in [0.5, 0.6) is 11.5 Å². The predicted octanol–water partition coefficient (Wildman–Crippen LogP) is 2.23. The van der Waals surface area contributed by atoms with E-state index >= 15 is 0 Å². The van der Waals surface area contributed by atoms with E-state index in [1.165, 1.54) is 18.2 Å². The van der Waals surface area contributed by atoms with Crippen molar-refractivity contribution in [1.82, 2.24) is 20.5 Å².